The third-order valence-electron chi connectivity index (χ3n) is 9.03. The summed E-state index contributed by atoms with van der Waals surface area (Å²) in [7, 11) is 5.37. The van der Waals surface area contributed by atoms with Crippen LogP contribution in [0.25, 0.3) is 0 Å². The van der Waals surface area contributed by atoms with Crippen LogP contribution < -0.4 is 5.11 Å². The van der Waals surface area contributed by atoms with Crippen molar-refractivity contribution in [3.63, 3.8) is 0 Å². The predicted octanol–water partition coefficient (Wildman–Crippen LogP) is 10.4. The van der Waals surface area contributed by atoms with Gasteiger partial charge in [0.05, 0.1) is 40.3 Å². The molecule has 56 heavy (non-hydrogen) atoms. The lowest BCUT2D eigenvalue weighted by atomic mass is 10.1. The third-order valence-corrected chi connectivity index (χ3v) is 9.03. The molecule has 0 heterocycles. The summed E-state index contributed by atoms with van der Waals surface area (Å²) in [5.41, 5.74) is 0. The largest absolute Gasteiger partial charge is 0.544 e. The summed E-state index contributed by atoms with van der Waals surface area (Å²) in [6.07, 6.45) is 49.1. The first-order chi connectivity index (χ1) is 27.1. The maximum Gasteiger partial charge on any atom is 0.306 e. The fraction of sp³-hybridized carbons (Fsp3) is 0.646. The second-order valence-corrected chi connectivity index (χ2v) is 15.2. The molecule has 2 atom stereocenters. The zero-order valence-corrected chi connectivity index (χ0v) is 36.0. The second kappa shape index (κ2) is 38.4. The molecule has 0 aromatic rings. The van der Waals surface area contributed by atoms with Crippen molar-refractivity contribution in [2.45, 2.75) is 161 Å². The average Bonchev–Trinajstić information content (AvgIpc) is 3.15. The number of likely N-dealkylation sites (N-methyl/N-ethyl adjacent to an activating group) is 1. The molecule has 0 aromatic carbocycles. The fourth-order valence-corrected chi connectivity index (χ4v) is 5.68. The van der Waals surface area contributed by atoms with Crippen molar-refractivity contribution in [3.05, 3.63) is 85.1 Å². The zero-order valence-electron chi connectivity index (χ0n) is 36.0. The summed E-state index contributed by atoms with van der Waals surface area (Å²) in [6.45, 7) is 4.42. The Morgan fingerprint density at radius 1 is 0.554 bits per heavy atom. The number of hydrogen-bond donors (Lipinski definition) is 0. The number of quaternary nitrogens is 1. The molecular weight excluding hydrogens is 703 g/mol. The van der Waals surface area contributed by atoms with Crippen LogP contribution in [0.5, 0.6) is 0 Å². The molecule has 0 aliphatic rings. The van der Waals surface area contributed by atoms with E-state index in [4.69, 9.17) is 14.2 Å². The first-order valence-corrected chi connectivity index (χ1v) is 21.6. The van der Waals surface area contributed by atoms with Crippen molar-refractivity contribution in [1.29, 1.82) is 0 Å². The molecule has 8 nitrogen and oxygen atoms in total. The number of aliphatic carboxylic acids is 1. The van der Waals surface area contributed by atoms with E-state index in [2.05, 4.69) is 86.8 Å². The van der Waals surface area contributed by atoms with E-state index in [1.54, 1.807) is 21.1 Å². The van der Waals surface area contributed by atoms with E-state index >= 15 is 0 Å². The van der Waals surface area contributed by atoms with Gasteiger partial charge in [-0.15, -0.1) is 0 Å². The number of rotatable bonds is 37. The SMILES string of the molecule is CC/C=C/C/C=C/C/C=C/C/C=C/C/C=C/C/C=C/CCC(=O)OCC(COCCC(C(=O)[O-])[N+](C)(C)C)OC(=O)CCCCC/C=C/CCCCCCCC. The van der Waals surface area contributed by atoms with Crippen molar-refractivity contribution in [2.24, 2.45) is 0 Å². The van der Waals surface area contributed by atoms with Gasteiger partial charge in [0.2, 0.25) is 0 Å². The molecule has 0 radical (unpaired) electrons. The van der Waals surface area contributed by atoms with E-state index in [-0.39, 0.29) is 55.5 Å². The first-order valence-electron chi connectivity index (χ1n) is 21.6. The van der Waals surface area contributed by atoms with E-state index < -0.39 is 18.1 Å². The fourth-order valence-electron chi connectivity index (χ4n) is 5.68. The van der Waals surface area contributed by atoms with Crippen molar-refractivity contribution in [2.75, 3.05) is 41.0 Å². The second-order valence-electron chi connectivity index (χ2n) is 15.2. The van der Waals surface area contributed by atoms with Crippen LogP contribution in [0.3, 0.4) is 0 Å². The normalized spacial score (nSPS) is 13.8. The monoisotopic (exact) mass is 782 g/mol. The van der Waals surface area contributed by atoms with Gasteiger partial charge in [-0.05, 0) is 77.0 Å². The summed E-state index contributed by atoms with van der Waals surface area (Å²) >= 11 is 0. The van der Waals surface area contributed by atoms with Crippen LogP contribution in [-0.2, 0) is 28.6 Å². The maximum absolute atomic E-state index is 12.7. The molecule has 0 rings (SSSR count). The maximum atomic E-state index is 12.7. The Morgan fingerprint density at radius 2 is 1.04 bits per heavy atom. The molecule has 0 aliphatic heterocycles. The molecule has 0 bridgehead atoms. The van der Waals surface area contributed by atoms with Crippen LogP contribution in [0.2, 0.25) is 0 Å². The van der Waals surface area contributed by atoms with E-state index in [0.29, 0.717) is 6.42 Å². The predicted molar refractivity (Wildman–Crippen MR) is 231 cm³/mol. The summed E-state index contributed by atoms with van der Waals surface area (Å²) in [6, 6.07) is -0.742. The third kappa shape index (κ3) is 36.2. The van der Waals surface area contributed by atoms with E-state index in [1.165, 1.54) is 38.5 Å². The number of carboxylic acids is 1. The standard InChI is InChI=1S/C48H79NO7/c1-6-8-10-12-14-16-18-20-21-22-23-24-25-27-28-30-32-34-36-38-46(50)55-43-44(42-54-41-40-45(48(52)53)49(3,4)5)56-47(51)39-37-35-33-31-29-26-19-17-15-13-11-9-7-2/h8,10,14,16,20-21,23-24,26-29,32,34,44-45H,6-7,9,11-13,15,17-19,22,25,30-31,33,35-43H2,1-5H3/b10-8+,16-14+,21-20+,24-23+,28-27+,29-26+,34-32+. The minimum absolute atomic E-state index is 0.00643. The van der Waals surface area contributed by atoms with Crippen molar-refractivity contribution < 1.29 is 38.2 Å². The van der Waals surface area contributed by atoms with Crippen LogP contribution in [-0.4, -0.2) is 75.5 Å². The molecule has 0 N–H and O–H groups in total. The van der Waals surface area contributed by atoms with E-state index in [9.17, 15) is 19.5 Å². The van der Waals surface area contributed by atoms with Gasteiger partial charge in [0.15, 0.2) is 6.10 Å². The Labute approximate surface area is 342 Å². The summed E-state index contributed by atoms with van der Waals surface area (Å²) in [5.74, 6) is -1.87. The van der Waals surface area contributed by atoms with Gasteiger partial charge < -0.3 is 28.6 Å². The van der Waals surface area contributed by atoms with Crippen molar-refractivity contribution in [1.82, 2.24) is 0 Å². The van der Waals surface area contributed by atoms with Gasteiger partial charge in [0.25, 0.3) is 0 Å². The van der Waals surface area contributed by atoms with Crippen molar-refractivity contribution >= 4 is 17.9 Å². The number of ether oxygens (including phenoxy) is 3. The van der Waals surface area contributed by atoms with Crippen LogP contribution in [0.1, 0.15) is 149 Å². The molecule has 0 spiro atoms. The molecule has 0 fully saturated rings. The van der Waals surface area contributed by atoms with E-state index in [1.807, 2.05) is 12.2 Å². The highest BCUT2D eigenvalue weighted by molar-refractivity contribution is 5.70. The van der Waals surface area contributed by atoms with Crippen LogP contribution in [0.15, 0.2) is 85.1 Å². The lowest BCUT2D eigenvalue weighted by Crippen LogP contribution is -2.55. The van der Waals surface area contributed by atoms with E-state index in [0.717, 1.165) is 70.6 Å². The molecular formula is C48H79NO7. The number of esters is 2. The number of carbonyl (C=O) groups is 3. The number of hydrogen-bond acceptors (Lipinski definition) is 7. The van der Waals surface area contributed by atoms with Gasteiger partial charge in [-0.2, -0.15) is 0 Å². The highest BCUT2D eigenvalue weighted by Gasteiger charge is 2.25. The van der Waals surface area contributed by atoms with Gasteiger partial charge in [-0.25, -0.2) is 0 Å². The topological polar surface area (TPSA) is 102 Å². The minimum atomic E-state index is -1.14. The van der Waals surface area contributed by atoms with Crippen molar-refractivity contribution in [3.8, 4) is 0 Å². The molecule has 0 saturated carbocycles. The smallest absolute Gasteiger partial charge is 0.306 e. The first kappa shape index (κ1) is 52.5. The number of allylic oxidation sites excluding steroid dienone is 14. The summed E-state index contributed by atoms with van der Waals surface area (Å²) < 4.78 is 17.0. The molecule has 0 amide bonds. The van der Waals surface area contributed by atoms with Gasteiger partial charge in [-0.3, -0.25) is 9.59 Å². The van der Waals surface area contributed by atoms with Crippen LogP contribution in [0, 0.1) is 0 Å². The molecule has 0 aliphatic carbocycles. The van der Waals surface area contributed by atoms with Crippen LogP contribution >= 0.6 is 0 Å². The number of unbranched alkanes of at least 4 members (excludes halogenated alkanes) is 9. The molecule has 8 heteroatoms. The summed E-state index contributed by atoms with van der Waals surface area (Å²) in [4.78, 5) is 36.8. The molecule has 0 aromatic heterocycles. The number of carbonyl (C=O) groups excluding carboxylic acids is 3. The Morgan fingerprint density at radius 3 is 1.55 bits per heavy atom. The van der Waals surface area contributed by atoms with Gasteiger partial charge in [-0.1, -0.05) is 137 Å². The molecule has 0 saturated heterocycles. The zero-order chi connectivity index (χ0) is 41.4. The highest BCUT2D eigenvalue weighted by Crippen LogP contribution is 2.11. The Bertz CT molecular complexity index is 1190. The number of carboxylic acid groups (broad SMARTS) is 1. The van der Waals surface area contributed by atoms with Gasteiger partial charge >= 0.3 is 11.9 Å². The highest BCUT2D eigenvalue weighted by atomic mass is 16.6. The lowest BCUT2D eigenvalue weighted by molar-refractivity contribution is -0.889. The average molecular weight is 782 g/mol. The van der Waals surface area contributed by atoms with Gasteiger partial charge in [0.1, 0.15) is 12.6 Å². The lowest BCUT2D eigenvalue weighted by Gasteiger charge is -2.34. The molecule has 318 valence electrons. The number of nitrogens with zero attached hydrogens (tertiary/aromatic N) is 1. The Balaban J connectivity index is 4.51. The quantitative estimate of drug-likeness (QED) is 0.0268. The Hall–Kier alpha value is -3.49. The molecule has 2 unspecified atom stereocenters. The van der Waals surface area contributed by atoms with Gasteiger partial charge in [0, 0.05) is 19.3 Å². The Kier molecular flexibility index (Phi) is 36.0. The van der Waals surface area contributed by atoms with Crippen LogP contribution in [0.4, 0.5) is 0 Å². The summed E-state index contributed by atoms with van der Waals surface area (Å²) in [5, 5.41) is 11.6. The minimum Gasteiger partial charge on any atom is -0.544 e.